The van der Waals surface area contributed by atoms with E-state index in [1.165, 1.54) is 11.8 Å². The third kappa shape index (κ3) is 5.61. The smallest absolute Gasteiger partial charge is 0.231 e. The number of carbonyl (C=O) groups is 1. The Bertz CT molecular complexity index is 834. The Labute approximate surface area is 168 Å². The molecule has 0 radical (unpaired) electrons. The van der Waals surface area contributed by atoms with Crippen LogP contribution in [0.5, 0.6) is 11.5 Å². The fourth-order valence-electron chi connectivity index (χ4n) is 2.47. The van der Waals surface area contributed by atoms with Gasteiger partial charge in [0.15, 0.2) is 22.5 Å². The number of rotatable bonds is 11. The fraction of sp³-hybridized carbons (Fsp3) is 0.444. The highest BCUT2D eigenvalue weighted by Gasteiger charge is 2.17. The molecule has 0 aliphatic heterocycles. The molecule has 0 bridgehead atoms. The summed E-state index contributed by atoms with van der Waals surface area (Å²) in [5.74, 6) is 1.80. The van der Waals surface area contributed by atoms with Crippen LogP contribution in [0.2, 0.25) is 0 Å². The normalized spacial score (nSPS) is 10.4. The van der Waals surface area contributed by atoms with E-state index in [1.54, 1.807) is 21.3 Å². The van der Waals surface area contributed by atoms with Gasteiger partial charge < -0.3 is 24.1 Å². The van der Waals surface area contributed by atoms with Gasteiger partial charge in [0, 0.05) is 25.8 Å². The van der Waals surface area contributed by atoms with E-state index < -0.39 is 0 Å². The molecule has 1 heterocycles. The molecule has 1 amide bonds. The number of benzene rings is 1. The van der Waals surface area contributed by atoms with Gasteiger partial charge in [0.05, 0.1) is 26.0 Å². The molecule has 28 heavy (non-hydrogen) atoms. The summed E-state index contributed by atoms with van der Waals surface area (Å²) in [6.07, 6.45) is 0.767. The number of nitriles is 1. The molecule has 1 aromatic heterocycles. The topological polar surface area (TPSA) is 111 Å². The number of methoxy groups -OCH3 is 3. The van der Waals surface area contributed by atoms with E-state index in [9.17, 15) is 4.79 Å². The first-order chi connectivity index (χ1) is 13.6. The highest BCUT2D eigenvalue weighted by Crippen LogP contribution is 2.33. The van der Waals surface area contributed by atoms with E-state index in [0.29, 0.717) is 35.6 Å². The maximum atomic E-state index is 11.8. The first-order valence-corrected chi connectivity index (χ1v) is 9.54. The molecule has 0 aliphatic rings. The lowest BCUT2D eigenvalue weighted by Gasteiger charge is -2.12. The minimum atomic E-state index is -0.231. The van der Waals surface area contributed by atoms with Gasteiger partial charge in [-0.2, -0.15) is 5.26 Å². The van der Waals surface area contributed by atoms with E-state index in [1.807, 2.05) is 28.8 Å². The van der Waals surface area contributed by atoms with Crippen molar-refractivity contribution in [2.45, 2.75) is 18.1 Å². The van der Waals surface area contributed by atoms with Crippen LogP contribution in [-0.2, 0) is 16.1 Å². The number of nitrogens with one attached hydrogen (secondary N) is 1. The van der Waals surface area contributed by atoms with Gasteiger partial charge >= 0.3 is 0 Å². The SMILES string of the molecule is COCCCn1c(SCC(=O)NCC#N)nnc1-c1ccc(OC)c(OC)c1. The van der Waals surface area contributed by atoms with E-state index >= 15 is 0 Å². The molecule has 0 atom stereocenters. The first-order valence-electron chi connectivity index (χ1n) is 8.55. The van der Waals surface area contributed by atoms with Crippen LogP contribution in [0.1, 0.15) is 6.42 Å². The maximum absolute atomic E-state index is 11.8. The van der Waals surface area contributed by atoms with Crippen LogP contribution in [0, 0.1) is 11.3 Å². The number of hydrogen-bond acceptors (Lipinski definition) is 8. The Morgan fingerprint density at radius 1 is 1.25 bits per heavy atom. The molecule has 0 unspecified atom stereocenters. The average molecular weight is 405 g/mol. The van der Waals surface area contributed by atoms with Crippen LogP contribution in [0.3, 0.4) is 0 Å². The second-order valence-electron chi connectivity index (χ2n) is 5.60. The van der Waals surface area contributed by atoms with Crippen LogP contribution in [0.4, 0.5) is 0 Å². The van der Waals surface area contributed by atoms with Gasteiger partial charge in [0.25, 0.3) is 0 Å². The Morgan fingerprint density at radius 2 is 2.04 bits per heavy atom. The zero-order chi connectivity index (χ0) is 20.4. The third-order valence-corrected chi connectivity index (χ3v) is 4.75. The molecule has 0 spiro atoms. The van der Waals surface area contributed by atoms with Crippen LogP contribution in [-0.4, -0.2) is 60.9 Å². The monoisotopic (exact) mass is 405 g/mol. The Hall–Kier alpha value is -2.77. The van der Waals surface area contributed by atoms with Gasteiger partial charge in [-0.1, -0.05) is 11.8 Å². The zero-order valence-corrected chi connectivity index (χ0v) is 16.9. The molecule has 2 aromatic rings. The minimum absolute atomic E-state index is 0.0170. The van der Waals surface area contributed by atoms with Crippen molar-refractivity contribution in [3.05, 3.63) is 18.2 Å². The van der Waals surface area contributed by atoms with Gasteiger partial charge in [-0.25, -0.2) is 0 Å². The van der Waals surface area contributed by atoms with Crippen molar-refractivity contribution in [2.75, 3.05) is 40.2 Å². The van der Waals surface area contributed by atoms with Gasteiger partial charge in [-0.05, 0) is 24.6 Å². The largest absolute Gasteiger partial charge is 0.493 e. The molecule has 10 heteroatoms. The summed E-state index contributed by atoms with van der Waals surface area (Å²) < 4.78 is 17.7. The van der Waals surface area contributed by atoms with Gasteiger partial charge in [0.1, 0.15) is 6.54 Å². The lowest BCUT2D eigenvalue weighted by atomic mass is 10.2. The molecule has 0 aliphatic carbocycles. The molecule has 2 rings (SSSR count). The summed E-state index contributed by atoms with van der Waals surface area (Å²) in [5, 5.41) is 20.2. The van der Waals surface area contributed by atoms with Crippen LogP contribution >= 0.6 is 11.8 Å². The molecule has 0 saturated heterocycles. The van der Waals surface area contributed by atoms with Crippen molar-refractivity contribution < 1.29 is 19.0 Å². The second-order valence-corrected chi connectivity index (χ2v) is 6.54. The van der Waals surface area contributed by atoms with E-state index in [0.717, 1.165) is 12.0 Å². The van der Waals surface area contributed by atoms with Crippen molar-refractivity contribution in [3.63, 3.8) is 0 Å². The average Bonchev–Trinajstić information content (AvgIpc) is 3.13. The first kappa shape index (κ1) is 21.5. The van der Waals surface area contributed by atoms with Crippen molar-refractivity contribution in [3.8, 4) is 29.0 Å². The van der Waals surface area contributed by atoms with Gasteiger partial charge in [-0.15, -0.1) is 10.2 Å². The fourth-order valence-corrected chi connectivity index (χ4v) is 3.27. The molecule has 150 valence electrons. The number of hydrogen-bond donors (Lipinski definition) is 1. The zero-order valence-electron chi connectivity index (χ0n) is 16.1. The Morgan fingerprint density at radius 3 is 2.71 bits per heavy atom. The number of amides is 1. The number of aromatic nitrogens is 3. The summed E-state index contributed by atoms with van der Waals surface area (Å²) in [5.41, 5.74) is 0.823. The van der Waals surface area contributed by atoms with Gasteiger partial charge in [0.2, 0.25) is 5.91 Å². The quantitative estimate of drug-likeness (QED) is 0.342. The number of ether oxygens (including phenoxy) is 3. The van der Waals surface area contributed by atoms with Crippen molar-refractivity contribution >= 4 is 17.7 Å². The summed E-state index contributed by atoms with van der Waals surface area (Å²) in [4.78, 5) is 11.8. The standard InChI is InChI=1S/C18H23N5O4S/c1-25-10-4-9-23-17(13-5-6-14(26-2)15(11-13)27-3)21-22-18(23)28-12-16(24)20-8-7-19/h5-6,11H,4,8-10,12H2,1-3H3,(H,20,24). The third-order valence-electron chi connectivity index (χ3n) is 3.79. The molecular formula is C18H23N5O4S. The van der Waals surface area contributed by atoms with Gasteiger partial charge in [-0.3, -0.25) is 4.79 Å². The Balaban J connectivity index is 2.27. The molecule has 0 saturated carbocycles. The highest BCUT2D eigenvalue weighted by molar-refractivity contribution is 7.99. The summed E-state index contributed by atoms with van der Waals surface area (Å²) in [7, 11) is 4.81. The van der Waals surface area contributed by atoms with E-state index in [2.05, 4.69) is 15.5 Å². The molecule has 1 N–H and O–H groups in total. The van der Waals surface area contributed by atoms with Crippen LogP contribution < -0.4 is 14.8 Å². The predicted octanol–water partition coefficient (Wildman–Crippen LogP) is 1.73. The number of thioether (sulfide) groups is 1. The maximum Gasteiger partial charge on any atom is 0.231 e. The minimum Gasteiger partial charge on any atom is -0.493 e. The lowest BCUT2D eigenvalue weighted by molar-refractivity contribution is -0.118. The van der Waals surface area contributed by atoms with E-state index in [-0.39, 0.29) is 18.2 Å². The number of carbonyl (C=O) groups excluding carboxylic acids is 1. The van der Waals surface area contributed by atoms with Crippen LogP contribution in [0.15, 0.2) is 23.4 Å². The van der Waals surface area contributed by atoms with Crippen molar-refractivity contribution in [1.82, 2.24) is 20.1 Å². The lowest BCUT2D eigenvalue weighted by Crippen LogP contribution is -2.25. The summed E-state index contributed by atoms with van der Waals surface area (Å²) in [6, 6.07) is 7.41. The van der Waals surface area contributed by atoms with Crippen LogP contribution in [0.25, 0.3) is 11.4 Å². The second kappa shape index (κ2) is 11.2. The Kier molecular flexibility index (Phi) is 8.58. The molecular weight excluding hydrogens is 382 g/mol. The number of nitrogens with zero attached hydrogens (tertiary/aromatic N) is 4. The molecule has 0 fully saturated rings. The van der Waals surface area contributed by atoms with Crippen molar-refractivity contribution in [1.29, 1.82) is 5.26 Å². The highest BCUT2D eigenvalue weighted by atomic mass is 32.2. The molecule has 9 nitrogen and oxygen atoms in total. The van der Waals surface area contributed by atoms with Crippen molar-refractivity contribution in [2.24, 2.45) is 0 Å². The molecule has 1 aromatic carbocycles. The van der Waals surface area contributed by atoms with E-state index in [4.69, 9.17) is 19.5 Å². The summed E-state index contributed by atoms with van der Waals surface area (Å²) in [6.45, 7) is 1.21. The predicted molar refractivity (Wildman–Crippen MR) is 104 cm³/mol. The summed E-state index contributed by atoms with van der Waals surface area (Å²) >= 11 is 1.27.